The molecule has 0 unspecified atom stereocenters. The molecule has 4 nitrogen and oxygen atoms in total. The van der Waals surface area contributed by atoms with Crippen LogP contribution in [-0.4, -0.2) is 18.3 Å². The first kappa shape index (κ1) is 18.3. The highest BCUT2D eigenvalue weighted by molar-refractivity contribution is 5.75. The van der Waals surface area contributed by atoms with E-state index < -0.39 is 5.63 Å². The number of aryl methyl sites for hydroxylation is 3. The van der Waals surface area contributed by atoms with Gasteiger partial charge in [-0.25, -0.2) is 4.79 Å². The van der Waals surface area contributed by atoms with Crippen molar-refractivity contribution in [3.8, 4) is 16.9 Å². The van der Waals surface area contributed by atoms with Crippen LogP contribution in [0.25, 0.3) is 11.1 Å². The van der Waals surface area contributed by atoms with Gasteiger partial charge in [0.1, 0.15) is 17.1 Å². The SMILES string of the molecule is CCCCOCCc1cc(O)c(-c2c(C)cc(C)cc2C)c(=O)o1. The topological polar surface area (TPSA) is 59.7 Å². The lowest BCUT2D eigenvalue weighted by Crippen LogP contribution is -2.09. The minimum absolute atomic E-state index is 0.0372. The quantitative estimate of drug-likeness (QED) is 0.769. The van der Waals surface area contributed by atoms with Gasteiger partial charge < -0.3 is 14.3 Å². The van der Waals surface area contributed by atoms with E-state index in [0.29, 0.717) is 25.4 Å². The number of benzene rings is 1. The molecule has 24 heavy (non-hydrogen) atoms. The molecule has 1 aromatic heterocycles. The Morgan fingerprint density at radius 3 is 2.29 bits per heavy atom. The average Bonchev–Trinajstić information content (AvgIpc) is 2.49. The van der Waals surface area contributed by atoms with Gasteiger partial charge in [-0.1, -0.05) is 31.0 Å². The predicted molar refractivity (Wildman–Crippen MR) is 95.7 cm³/mol. The average molecular weight is 330 g/mol. The molecule has 1 heterocycles. The molecule has 0 aliphatic carbocycles. The van der Waals surface area contributed by atoms with Gasteiger partial charge in [0, 0.05) is 19.1 Å². The summed E-state index contributed by atoms with van der Waals surface area (Å²) in [5.41, 5.74) is 3.50. The number of ether oxygens (including phenoxy) is 1. The van der Waals surface area contributed by atoms with Crippen LogP contribution in [0.2, 0.25) is 0 Å². The standard InChI is InChI=1S/C20H26O4/c1-5-6-8-23-9-7-16-12-17(21)19(20(22)24-16)18-14(3)10-13(2)11-15(18)4/h10-12,21H,5-9H2,1-4H3. The number of hydrogen-bond donors (Lipinski definition) is 1. The van der Waals surface area contributed by atoms with Crippen LogP contribution in [0.5, 0.6) is 5.75 Å². The summed E-state index contributed by atoms with van der Waals surface area (Å²) in [6, 6.07) is 5.52. The lowest BCUT2D eigenvalue weighted by molar-refractivity contribution is 0.130. The zero-order valence-electron chi connectivity index (χ0n) is 14.9. The fraction of sp³-hybridized carbons (Fsp3) is 0.450. The first-order valence-electron chi connectivity index (χ1n) is 8.46. The zero-order chi connectivity index (χ0) is 17.7. The van der Waals surface area contributed by atoms with Gasteiger partial charge in [-0.05, 0) is 43.9 Å². The summed E-state index contributed by atoms with van der Waals surface area (Å²) in [5, 5.41) is 10.4. The van der Waals surface area contributed by atoms with Gasteiger partial charge in [0.15, 0.2) is 0 Å². The Kier molecular flexibility index (Phi) is 6.21. The maximum atomic E-state index is 12.4. The third kappa shape index (κ3) is 4.26. The lowest BCUT2D eigenvalue weighted by Gasteiger charge is -2.12. The van der Waals surface area contributed by atoms with Crippen molar-refractivity contribution in [1.29, 1.82) is 0 Å². The van der Waals surface area contributed by atoms with E-state index >= 15 is 0 Å². The first-order valence-corrected chi connectivity index (χ1v) is 8.46. The molecular weight excluding hydrogens is 304 g/mol. The molecule has 2 rings (SSSR count). The molecule has 0 bridgehead atoms. The van der Waals surface area contributed by atoms with Gasteiger partial charge in [0.2, 0.25) is 0 Å². The van der Waals surface area contributed by atoms with Gasteiger partial charge in [-0.2, -0.15) is 0 Å². The molecule has 0 saturated heterocycles. The molecule has 2 aromatic rings. The van der Waals surface area contributed by atoms with Gasteiger partial charge in [0.05, 0.1) is 6.61 Å². The molecule has 1 aromatic carbocycles. The van der Waals surface area contributed by atoms with Gasteiger partial charge >= 0.3 is 5.63 Å². The van der Waals surface area contributed by atoms with Crippen LogP contribution >= 0.6 is 0 Å². The largest absolute Gasteiger partial charge is 0.507 e. The van der Waals surface area contributed by atoms with Gasteiger partial charge in [-0.15, -0.1) is 0 Å². The van der Waals surface area contributed by atoms with Crippen molar-refractivity contribution in [1.82, 2.24) is 0 Å². The Labute approximate surface area is 143 Å². The molecular formula is C20H26O4. The smallest absolute Gasteiger partial charge is 0.347 e. The third-order valence-corrected chi connectivity index (χ3v) is 4.04. The number of rotatable bonds is 7. The van der Waals surface area contributed by atoms with Crippen LogP contribution < -0.4 is 5.63 Å². The Balaban J connectivity index is 2.27. The molecule has 0 spiro atoms. The van der Waals surface area contributed by atoms with Crippen LogP contribution in [0.3, 0.4) is 0 Å². The lowest BCUT2D eigenvalue weighted by atomic mass is 9.94. The van der Waals surface area contributed by atoms with E-state index in [1.807, 2.05) is 32.9 Å². The Morgan fingerprint density at radius 1 is 1.04 bits per heavy atom. The van der Waals surface area contributed by atoms with Gasteiger partial charge in [0.25, 0.3) is 0 Å². The van der Waals surface area contributed by atoms with E-state index in [4.69, 9.17) is 9.15 Å². The Bertz CT molecular complexity index is 736. The van der Waals surface area contributed by atoms with E-state index in [1.165, 1.54) is 6.07 Å². The van der Waals surface area contributed by atoms with E-state index in [2.05, 4.69) is 6.92 Å². The molecule has 0 radical (unpaired) electrons. The summed E-state index contributed by atoms with van der Waals surface area (Å²) >= 11 is 0. The fourth-order valence-electron chi connectivity index (χ4n) is 2.98. The monoisotopic (exact) mass is 330 g/mol. The van der Waals surface area contributed by atoms with Crippen molar-refractivity contribution in [2.45, 2.75) is 47.0 Å². The summed E-state index contributed by atoms with van der Waals surface area (Å²) in [6.07, 6.45) is 2.57. The maximum absolute atomic E-state index is 12.4. The minimum atomic E-state index is -0.506. The van der Waals surface area contributed by atoms with Gasteiger partial charge in [-0.3, -0.25) is 0 Å². The Hall–Kier alpha value is -2.07. The maximum Gasteiger partial charge on any atom is 0.347 e. The number of aromatic hydroxyl groups is 1. The second-order valence-electron chi connectivity index (χ2n) is 6.25. The van der Waals surface area contributed by atoms with Crippen molar-refractivity contribution >= 4 is 0 Å². The molecule has 4 heteroatoms. The highest BCUT2D eigenvalue weighted by atomic mass is 16.5. The van der Waals surface area contributed by atoms with E-state index in [0.717, 1.165) is 35.1 Å². The van der Waals surface area contributed by atoms with Crippen LogP contribution in [0.1, 0.15) is 42.2 Å². The molecule has 0 aliphatic heterocycles. The van der Waals surface area contributed by atoms with E-state index in [9.17, 15) is 9.90 Å². The molecule has 1 N–H and O–H groups in total. The fourth-order valence-corrected chi connectivity index (χ4v) is 2.98. The summed E-state index contributed by atoms with van der Waals surface area (Å²) in [5.74, 6) is 0.407. The molecule has 0 saturated carbocycles. The van der Waals surface area contributed by atoms with Crippen molar-refractivity contribution in [3.05, 3.63) is 51.1 Å². The van der Waals surface area contributed by atoms with E-state index in [1.54, 1.807) is 0 Å². The van der Waals surface area contributed by atoms with Crippen molar-refractivity contribution < 1.29 is 14.3 Å². The molecule has 0 amide bonds. The highest BCUT2D eigenvalue weighted by Gasteiger charge is 2.17. The summed E-state index contributed by atoms with van der Waals surface area (Å²) in [7, 11) is 0. The number of hydrogen-bond acceptors (Lipinski definition) is 4. The number of unbranched alkanes of at least 4 members (excludes halogenated alkanes) is 1. The van der Waals surface area contributed by atoms with Crippen molar-refractivity contribution in [2.75, 3.05) is 13.2 Å². The van der Waals surface area contributed by atoms with E-state index in [-0.39, 0.29) is 11.3 Å². The normalized spacial score (nSPS) is 11.0. The zero-order valence-corrected chi connectivity index (χ0v) is 14.9. The summed E-state index contributed by atoms with van der Waals surface area (Å²) in [4.78, 5) is 12.4. The minimum Gasteiger partial charge on any atom is -0.507 e. The summed E-state index contributed by atoms with van der Waals surface area (Å²) < 4.78 is 10.9. The van der Waals surface area contributed by atoms with Crippen molar-refractivity contribution in [3.63, 3.8) is 0 Å². The predicted octanol–water partition coefficient (Wildman–Crippen LogP) is 4.30. The van der Waals surface area contributed by atoms with Crippen LogP contribution in [0.15, 0.2) is 27.4 Å². The molecule has 0 aliphatic rings. The Morgan fingerprint density at radius 2 is 1.71 bits per heavy atom. The van der Waals surface area contributed by atoms with Crippen molar-refractivity contribution in [2.24, 2.45) is 0 Å². The first-order chi connectivity index (χ1) is 11.4. The van der Waals surface area contributed by atoms with Crippen LogP contribution in [-0.2, 0) is 11.2 Å². The highest BCUT2D eigenvalue weighted by Crippen LogP contribution is 2.32. The second kappa shape index (κ2) is 8.15. The van der Waals surface area contributed by atoms with Crippen LogP contribution in [0.4, 0.5) is 0 Å². The van der Waals surface area contributed by atoms with Crippen LogP contribution in [0, 0.1) is 20.8 Å². The molecule has 130 valence electrons. The molecule has 0 atom stereocenters. The second-order valence-corrected chi connectivity index (χ2v) is 6.25. The molecule has 0 fully saturated rings. The summed E-state index contributed by atoms with van der Waals surface area (Å²) in [6.45, 7) is 9.16. The third-order valence-electron chi connectivity index (χ3n) is 4.04.